The monoisotopic (exact) mass is 306 g/mol. The van der Waals surface area contributed by atoms with Gasteiger partial charge in [0.2, 0.25) is 0 Å². The number of rotatable bonds is 4. The molecule has 1 aromatic carbocycles. The minimum absolute atomic E-state index is 0.0687. The zero-order chi connectivity index (χ0) is 15.6. The third kappa shape index (κ3) is 3.25. The first-order chi connectivity index (χ1) is 9.92. The first kappa shape index (κ1) is 15.1. The predicted octanol–water partition coefficient (Wildman–Crippen LogP) is 2.01. The maximum Gasteiger partial charge on any atom is 0.274 e. The van der Waals surface area contributed by atoms with Crippen LogP contribution in [0.15, 0.2) is 24.3 Å². The molecule has 7 heteroatoms. The van der Waals surface area contributed by atoms with E-state index in [1.807, 2.05) is 6.92 Å². The van der Waals surface area contributed by atoms with E-state index in [2.05, 4.69) is 10.4 Å². The van der Waals surface area contributed by atoms with Gasteiger partial charge in [0.25, 0.3) is 5.91 Å². The van der Waals surface area contributed by atoms with Crippen LogP contribution >= 0.6 is 12.2 Å². The summed E-state index contributed by atoms with van der Waals surface area (Å²) in [5, 5.41) is 6.69. The van der Waals surface area contributed by atoms with Crippen molar-refractivity contribution in [2.75, 3.05) is 5.32 Å². The predicted molar refractivity (Wildman–Crippen MR) is 82.8 cm³/mol. The molecule has 0 unspecified atom stereocenters. The molecule has 0 radical (unpaired) electrons. The summed E-state index contributed by atoms with van der Waals surface area (Å²) < 4.78 is 15.4. The van der Waals surface area contributed by atoms with Crippen molar-refractivity contribution in [3.8, 4) is 0 Å². The standard InChI is InChI=1S/C14H15FN4OS/c1-3-9-7-12(19(2)18-9)14(20)17-11-5-4-8(13(16)21)6-10(11)15/h4-7H,3H2,1-2H3,(H2,16,21)(H,17,20). The van der Waals surface area contributed by atoms with Gasteiger partial charge in [0.15, 0.2) is 0 Å². The largest absolute Gasteiger partial charge is 0.389 e. The van der Waals surface area contributed by atoms with Gasteiger partial charge in [-0.15, -0.1) is 0 Å². The van der Waals surface area contributed by atoms with E-state index in [-0.39, 0.29) is 10.7 Å². The average Bonchev–Trinajstić information content (AvgIpc) is 2.82. The van der Waals surface area contributed by atoms with Gasteiger partial charge in [0, 0.05) is 12.6 Å². The molecule has 3 N–H and O–H groups in total. The topological polar surface area (TPSA) is 72.9 Å². The van der Waals surface area contributed by atoms with Crippen molar-refractivity contribution >= 4 is 28.8 Å². The number of anilines is 1. The quantitative estimate of drug-likeness (QED) is 0.848. The lowest BCUT2D eigenvalue weighted by Crippen LogP contribution is -2.17. The molecule has 110 valence electrons. The van der Waals surface area contributed by atoms with E-state index in [9.17, 15) is 9.18 Å². The van der Waals surface area contributed by atoms with Crippen LogP contribution in [0.5, 0.6) is 0 Å². The van der Waals surface area contributed by atoms with Gasteiger partial charge in [-0.25, -0.2) is 4.39 Å². The van der Waals surface area contributed by atoms with Gasteiger partial charge in [0.1, 0.15) is 16.5 Å². The number of thiocarbonyl (C=S) groups is 1. The van der Waals surface area contributed by atoms with Crippen LogP contribution in [-0.4, -0.2) is 20.7 Å². The molecule has 21 heavy (non-hydrogen) atoms. The summed E-state index contributed by atoms with van der Waals surface area (Å²) in [4.78, 5) is 12.2. The Labute approximate surface area is 126 Å². The summed E-state index contributed by atoms with van der Waals surface area (Å²) in [6, 6.07) is 5.86. The number of carbonyl (C=O) groups excluding carboxylic acids is 1. The Morgan fingerprint density at radius 2 is 2.19 bits per heavy atom. The molecule has 0 aliphatic rings. The van der Waals surface area contributed by atoms with Gasteiger partial charge in [-0.3, -0.25) is 9.48 Å². The van der Waals surface area contributed by atoms with Crippen LogP contribution < -0.4 is 11.1 Å². The fourth-order valence-electron chi connectivity index (χ4n) is 1.87. The fraction of sp³-hybridized carbons (Fsp3) is 0.214. The molecule has 0 aliphatic carbocycles. The van der Waals surface area contributed by atoms with Crippen LogP contribution in [0.2, 0.25) is 0 Å². The fourth-order valence-corrected chi connectivity index (χ4v) is 1.99. The second kappa shape index (κ2) is 6.01. The van der Waals surface area contributed by atoms with E-state index in [0.717, 1.165) is 12.1 Å². The Balaban J connectivity index is 2.23. The molecule has 2 rings (SSSR count). The second-order valence-electron chi connectivity index (χ2n) is 4.51. The Bertz CT molecular complexity index is 711. The molecule has 0 aliphatic heterocycles. The molecule has 1 amide bonds. The van der Waals surface area contributed by atoms with Crippen LogP contribution in [-0.2, 0) is 13.5 Å². The lowest BCUT2D eigenvalue weighted by atomic mass is 10.2. The van der Waals surface area contributed by atoms with Gasteiger partial charge in [-0.2, -0.15) is 5.10 Å². The number of aryl methyl sites for hydroxylation is 2. The molecule has 0 fully saturated rings. The highest BCUT2D eigenvalue weighted by Gasteiger charge is 2.15. The number of nitrogens with one attached hydrogen (secondary N) is 1. The molecule has 0 bridgehead atoms. The number of nitrogens with zero attached hydrogens (tertiary/aromatic N) is 2. The molecular weight excluding hydrogens is 291 g/mol. The first-order valence-electron chi connectivity index (χ1n) is 6.36. The van der Waals surface area contributed by atoms with E-state index in [1.54, 1.807) is 19.2 Å². The molecule has 0 saturated heterocycles. The molecule has 1 aromatic heterocycles. The van der Waals surface area contributed by atoms with Gasteiger partial charge in [-0.05, 0) is 30.7 Å². The Hall–Kier alpha value is -2.28. The van der Waals surface area contributed by atoms with Crippen molar-refractivity contribution in [2.45, 2.75) is 13.3 Å². The van der Waals surface area contributed by atoms with E-state index in [0.29, 0.717) is 11.3 Å². The first-order valence-corrected chi connectivity index (χ1v) is 6.76. The van der Waals surface area contributed by atoms with Gasteiger partial charge < -0.3 is 11.1 Å². The zero-order valence-corrected chi connectivity index (χ0v) is 12.5. The highest BCUT2D eigenvalue weighted by Crippen LogP contribution is 2.17. The average molecular weight is 306 g/mol. The van der Waals surface area contributed by atoms with Crippen LogP contribution in [0, 0.1) is 5.82 Å². The minimum Gasteiger partial charge on any atom is -0.389 e. The normalized spacial score (nSPS) is 10.4. The maximum absolute atomic E-state index is 13.9. The van der Waals surface area contributed by atoms with Crippen molar-refractivity contribution in [3.05, 3.63) is 47.0 Å². The van der Waals surface area contributed by atoms with Crippen molar-refractivity contribution in [1.82, 2.24) is 9.78 Å². The Morgan fingerprint density at radius 1 is 1.48 bits per heavy atom. The van der Waals surface area contributed by atoms with E-state index in [4.69, 9.17) is 18.0 Å². The van der Waals surface area contributed by atoms with E-state index >= 15 is 0 Å². The third-order valence-electron chi connectivity index (χ3n) is 3.03. The summed E-state index contributed by atoms with van der Waals surface area (Å²) in [6.07, 6.45) is 0.720. The third-order valence-corrected chi connectivity index (χ3v) is 3.26. The van der Waals surface area contributed by atoms with Crippen LogP contribution in [0.25, 0.3) is 0 Å². The summed E-state index contributed by atoms with van der Waals surface area (Å²) >= 11 is 4.77. The number of hydrogen-bond donors (Lipinski definition) is 2. The molecular formula is C14H15FN4OS. The summed E-state index contributed by atoms with van der Waals surface area (Å²) in [7, 11) is 1.67. The molecule has 0 atom stereocenters. The number of hydrogen-bond acceptors (Lipinski definition) is 3. The van der Waals surface area contributed by atoms with E-state index in [1.165, 1.54) is 16.8 Å². The van der Waals surface area contributed by atoms with Crippen molar-refractivity contribution in [3.63, 3.8) is 0 Å². The lowest BCUT2D eigenvalue weighted by Gasteiger charge is -2.07. The summed E-state index contributed by atoms with van der Waals surface area (Å²) in [5.41, 5.74) is 7.07. The van der Waals surface area contributed by atoms with Gasteiger partial charge in [-0.1, -0.05) is 19.1 Å². The van der Waals surface area contributed by atoms with Crippen LogP contribution in [0.3, 0.4) is 0 Å². The smallest absolute Gasteiger partial charge is 0.274 e. The minimum atomic E-state index is -0.591. The Morgan fingerprint density at radius 3 is 2.71 bits per heavy atom. The summed E-state index contributed by atoms with van der Waals surface area (Å²) in [5.74, 6) is -1.02. The highest BCUT2D eigenvalue weighted by atomic mass is 32.1. The van der Waals surface area contributed by atoms with Crippen LogP contribution in [0.1, 0.15) is 28.7 Å². The van der Waals surface area contributed by atoms with Crippen molar-refractivity contribution < 1.29 is 9.18 Å². The molecule has 0 spiro atoms. The Kier molecular flexibility index (Phi) is 4.32. The van der Waals surface area contributed by atoms with E-state index < -0.39 is 11.7 Å². The summed E-state index contributed by atoms with van der Waals surface area (Å²) in [6.45, 7) is 1.94. The molecule has 0 saturated carbocycles. The number of aromatic nitrogens is 2. The van der Waals surface area contributed by atoms with Crippen molar-refractivity contribution in [2.24, 2.45) is 12.8 Å². The number of halogens is 1. The van der Waals surface area contributed by atoms with Gasteiger partial charge >= 0.3 is 0 Å². The second-order valence-corrected chi connectivity index (χ2v) is 4.95. The molecule has 5 nitrogen and oxygen atoms in total. The number of nitrogens with two attached hydrogens (primary N) is 1. The van der Waals surface area contributed by atoms with Crippen LogP contribution in [0.4, 0.5) is 10.1 Å². The molecule has 2 aromatic rings. The SMILES string of the molecule is CCc1cc(C(=O)Nc2ccc(C(N)=S)cc2F)n(C)n1. The highest BCUT2D eigenvalue weighted by molar-refractivity contribution is 7.80. The lowest BCUT2D eigenvalue weighted by molar-refractivity contribution is 0.101. The number of benzene rings is 1. The van der Waals surface area contributed by atoms with Gasteiger partial charge in [0.05, 0.1) is 11.4 Å². The van der Waals surface area contributed by atoms with Crippen molar-refractivity contribution in [1.29, 1.82) is 0 Å². The molecule has 1 heterocycles. The maximum atomic E-state index is 13.9. The zero-order valence-electron chi connectivity index (χ0n) is 11.7. The number of carbonyl (C=O) groups is 1. The number of amides is 1.